The Morgan fingerprint density at radius 3 is 2.57 bits per heavy atom. The molecule has 0 bridgehead atoms. The van der Waals surface area contributed by atoms with Crippen LogP contribution < -0.4 is 4.72 Å². The highest BCUT2D eigenvalue weighted by molar-refractivity contribution is 7.92. The Morgan fingerprint density at radius 1 is 1.14 bits per heavy atom. The number of nitrogens with zero attached hydrogens (tertiary/aromatic N) is 1. The van der Waals surface area contributed by atoms with Crippen molar-refractivity contribution in [2.45, 2.75) is 30.3 Å². The molecule has 1 aliphatic heterocycles. The van der Waals surface area contributed by atoms with Crippen molar-refractivity contribution in [2.24, 2.45) is 0 Å². The first-order chi connectivity index (χ1) is 13.2. The number of hydrogen-bond acceptors (Lipinski definition) is 4. The van der Waals surface area contributed by atoms with E-state index in [1.165, 1.54) is 24.3 Å². The third-order valence-corrected chi connectivity index (χ3v) is 6.88. The van der Waals surface area contributed by atoms with Crippen molar-refractivity contribution in [1.29, 1.82) is 0 Å². The molecule has 0 saturated carbocycles. The first-order valence-corrected chi connectivity index (χ1v) is 11.0. The highest BCUT2D eigenvalue weighted by Gasteiger charge is 2.31. The van der Waals surface area contributed by atoms with E-state index in [2.05, 4.69) is 4.72 Å². The molecule has 10 heteroatoms. The zero-order chi connectivity index (χ0) is 20.5. The largest absolute Gasteiger partial charge is 0.480 e. The number of hydrogen-bond donors (Lipinski definition) is 2. The molecule has 0 aliphatic carbocycles. The molecule has 6 nitrogen and oxygen atoms in total. The number of halogens is 3. The van der Waals surface area contributed by atoms with E-state index in [0.29, 0.717) is 23.6 Å². The molecule has 1 saturated heterocycles. The maximum atomic E-state index is 12.8. The smallest absolute Gasteiger partial charge is 0.320 e. The monoisotopic (exact) mass is 462 g/mol. The number of carbonyl (C=O) groups is 1. The topological polar surface area (TPSA) is 86.7 Å². The molecule has 0 spiro atoms. The van der Waals surface area contributed by atoms with Gasteiger partial charge in [-0.2, -0.15) is 0 Å². The van der Waals surface area contributed by atoms with Crippen LogP contribution >= 0.6 is 34.8 Å². The molecule has 2 aromatic rings. The number of carboxylic acid groups (broad SMARTS) is 1. The standard InChI is InChI=1S/C18H17Cl3N2O4S/c19-12-4-3-11(10-23-7-1-2-17(23)18(24)25)16(8-12)22-28(26,27)13-5-6-14(20)15(21)9-13/h3-6,8-9,17,22H,1-2,7,10H2,(H,24,25). The third kappa shape index (κ3) is 4.72. The van der Waals surface area contributed by atoms with Crippen LogP contribution in [0.1, 0.15) is 18.4 Å². The Hall–Kier alpha value is -1.51. The van der Waals surface area contributed by atoms with Gasteiger partial charge in [0.25, 0.3) is 10.0 Å². The summed E-state index contributed by atoms with van der Waals surface area (Å²) in [4.78, 5) is 13.2. The van der Waals surface area contributed by atoms with Crippen LogP contribution in [0.3, 0.4) is 0 Å². The van der Waals surface area contributed by atoms with Crippen molar-refractivity contribution in [3.8, 4) is 0 Å². The van der Waals surface area contributed by atoms with E-state index in [0.717, 1.165) is 6.42 Å². The maximum absolute atomic E-state index is 12.8. The van der Waals surface area contributed by atoms with Crippen LogP contribution in [-0.2, 0) is 21.4 Å². The lowest BCUT2D eigenvalue weighted by molar-refractivity contribution is -0.142. The number of nitrogens with one attached hydrogen (secondary N) is 1. The zero-order valence-corrected chi connectivity index (χ0v) is 17.6. The fourth-order valence-corrected chi connectivity index (χ4v) is 4.80. The molecule has 1 atom stereocenters. The predicted molar refractivity (Wildman–Crippen MR) is 110 cm³/mol. The minimum absolute atomic E-state index is 0.0441. The molecule has 1 unspecified atom stereocenters. The summed E-state index contributed by atoms with van der Waals surface area (Å²) in [6.07, 6.45) is 1.34. The summed E-state index contributed by atoms with van der Waals surface area (Å²) in [6, 6.07) is 8.25. The highest BCUT2D eigenvalue weighted by atomic mass is 35.5. The molecule has 2 aromatic carbocycles. The molecule has 0 amide bonds. The summed E-state index contributed by atoms with van der Waals surface area (Å²) >= 11 is 17.8. The predicted octanol–water partition coefficient (Wildman–Crippen LogP) is 4.50. The normalized spacial score (nSPS) is 17.6. The van der Waals surface area contributed by atoms with E-state index in [1.807, 2.05) is 4.90 Å². The molecule has 3 rings (SSSR count). The van der Waals surface area contributed by atoms with Gasteiger partial charge in [0.2, 0.25) is 0 Å². The molecule has 150 valence electrons. The van der Waals surface area contributed by atoms with Gasteiger partial charge in [-0.1, -0.05) is 40.9 Å². The van der Waals surface area contributed by atoms with E-state index < -0.39 is 22.0 Å². The summed E-state index contributed by atoms with van der Waals surface area (Å²) in [6.45, 7) is 0.909. The second-order valence-electron chi connectivity index (χ2n) is 6.45. The maximum Gasteiger partial charge on any atom is 0.320 e. The highest BCUT2D eigenvalue weighted by Crippen LogP contribution is 2.30. The Morgan fingerprint density at radius 2 is 1.89 bits per heavy atom. The molecule has 1 fully saturated rings. The van der Waals surface area contributed by atoms with Crippen LogP contribution in [0.15, 0.2) is 41.3 Å². The van der Waals surface area contributed by atoms with Crippen molar-refractivity contribution in [3.63, 3.8) is 0 Å². The molecular weight excluding hydrogens is 447 g/mol. The van der Waals surface area contributed by atoms with Gasteiger partial charge in [0.1, 0.15) is 6.04 Å². The number of benzene rings is 2. The van der Waals surface area contributed by atoms with Crippen molar-refractivity contribution in [2.75, 3.05) is 11.3 Å². The fourth-order valence-electron chi connectivity index (χ4n) is 3.14. The van der Waals surface area contributed by atoms with Crippen LogP contribution in [0.2, 0.25) is 15.1 Å². The van der Waals surface area contributed by atoms with Gasteiger partial charge < -0.3 is 5.11 Å². The second kappa shape index (κ2) is 8.47. The lowest BCUT2D eigenvalue weighted by atomic mass is 10.1. The number of aliphatic carboxylic acids is 1. The van der Waals surface area contributed by atoms with Gasteiger partial charge >= 0.3 is 5.97 Å². The molecule has 28 heavy (non-hydrogen) atoms. The lowest BCUT2D eigenvalue weighted by Gasteiger charge is -2.23. The summed E-state index contributed by atoms with van der Waals surface area (Å²) in [5.41, 5.74) is 0.913. The molecule has 0 aromatic heterocycles. The van der Waals surface area contributed by atoms with E-state index in [4.69, 9.17) is 34.8 Å². The summed E-state index contributed by atoms with van der Waals surface area (Å²) in [5.74, 6) is -0.885. The van der Waals surface area contributed by atoms with E-state index >= 15 is 0 Å². The average Bonchev–Trinajstić information content (AvgIpc) is 3.08. The van der Waals surface area contributed by atoms with Crippen LogP contribution in [0, 0.1) is 0 Å². The molecule has 0 radical (unpaired) electrons. The van der Waals surface area contributed by atoms with Gasteiger partial charge in [0.15, 0.2) is 0 Å². The quantitative estimate of drug-likeness (QED) is 0.659. The van der Waals surface area contributed by atoms with Gasteiger partial charge in [0, 0.05) is 11.6 Å². The zero-order valence-electron chi connectivity index (χ0n) is 14.5. The molecule has 2 N–H and O–H groups in total. The average molecular weight is 464 g/mol. The summed E-state index contributed by atoms with van der Waals surface area (Å²) in [5, 5.41) is 10.1. The van der Waals surface area contributed by atoms with Gasteiger partial charge in [-0.05, 0) is 55.3 Å². The third-order valence-electron chi connectivity index (χ3n) is 4.54. The van der Waals surface area contributed by atoms with Crippen LogP contribution in [0.25, 0.3) is 0 Å². The molecular formula is C18H17Cl3N2O4S. The number of anilines is 1. The summed E-state index contributed by atoms with van der Waals surface area (Å²) in [7, 11) is -3.94. The Bertz CT molecular complexity index is 1010. The Balaban J connectivity index is 1.90. The lowest BCUT2D eigenvalue weighted by Crippen LogP contribution is -2.35. The van der Waals surface area contributed by atoms with E-state index in [1.54, 1.807) is 12.1 Å². The Kier molecular flexibility index (Phi) is 6.41. The first kappa shape index (κ1) is 21.2. The number of likely N-dealkylation sites (tertiary alicyclic amines) is 1. The van der Waals surface area contributed by atoms with Gasteiger partial charge in [-0.3, -0.25) is 14.4 Å². The van der Waals surface area contributed by atoms with Gasteiger partial charge in [-0.25, -0.2) is 8.42 Å². The minimum atomic E-state index is -3.94. The minimum Gasteiger partial charge on any atom is -0.480 e. The van der Waals surface area contributed by atoms with Crippen molar-refractivity contribution in [3.05, 3.63) is 57.0 Å². The van der Waals surface area contributed by atoms with Crippen molar-refractivity contribution >= 4 is 56.5 Å². The number of rotatable bonds is 6. The van der Waals surface area contributed by atoms with Gasteiger partial charge in [-0.15, -0.1) is 0 Å². The second-order valence-corrected chi connectivity index (χ2v) is 9.38. The summed E-state index contributed by atoms with van der Waals surface area (Å²) < 4.78 is 28.1. The van der Waals surface area contributed by atoms with Crippen LogP contribution in [0.5, 0.6) is 0 Å². The van der Waals surface area contributed by atoms with Crippen LogP contribution in [-0.4, -0.2) is 37.0 Å². The Labute approximate surface area is 178 Å². The number of carboxylic acids is 1. The fraction of sp³-hybridized carbons (Fsp3) is 0.278. The SMILES string of the molecule is O=C(O)C1CCCN1Cc1ccc(Cl)cc1NS(=O)(=O)c1ccc(Cl)c(Cl)c1. The van der Waals surface area contributed by atoms with E-state index in [-0.39, 0.29) is 27.2 Å². The molecule has 1 heterocycles. The van der Waals surface area contributed by atoms with Gasteiger partial charge in [0.05, 0.1) is 20.6 Å². The number of sulfonamides is 1. The first-order valence-electron chi connectivity index (χ1n) is 8.40. The van der Waals surface area contributed by atoms with E-state index in [9.17, 15) is 18.3 Å². The van der Waals surface area contributed by atoms with Crippen molar-refractivity contribution < 1.29 is 18.3 Å². The van der Waals surface area contributed by atoms with Crippen LogP contribution in [0.4, 0.5) is 5.69 Å². The van der Waals surface area contributed by atoms with Crippen molar-refractivity contribution in [1.82, 2.24) is 4.90 Å². The molecule has 1 aliphatic rings.